The van der Waals surface area contributed by atoms with Crippen LogP contribution < -0.4 is 0 Å². The molecular formula is C8H8Cl3NS. The molecule has 1 aliphatic carbocycles. The van der Waals surface area contributed by atoms with Crippen molar-refractivity contribution in [2.75, 3.05) is 0 Å². The molecule has 1 nitrogen and oxygen atoms in total. The molecule has 3 unspecified atom stereocenters. The van der Waals surface area contributed by atoms with E-state index >= 15 is 0 Å². The van der Waals surface area contributed by atoms with E-state index in [0.29, 0.717) is 17.2 Å². The van der Waals surface area contributed by atoms with Crippen molar-refractivity contribution in [3.63, 3.8) is 0 Å². The summed E-state index contributed by atoms with van der Waals surface area (Å²) in [5.74, 6) is -0.107. The minimum absolute atomic E-state index is 0.107. The molecule has 0 saturated heterocycles. The standard InChI is InChI=1S/C8H8Cl3NS/c9-5-2-1-4(6(12)3-13)7(10)8(5)11/h2-4,7-8,12H,1H2. The molecule has 3 atom stereocenters. The molecule has 0 amide bonds. The molecule has 0 aliphatic heterocycles. The van der Waals surface area contributed by atoms with E-state index in [-0.39, 0.29) is 11.3 Å². The van der Waals surface area contributed by atoms with Crippen LogP contribution in [0.15, 0.2) is 11.1 Å². The minimum Gasteiger partial charge on any atom is -0.304 e. The Bertz CT molecular complexity index is 264. The highest BCUT2D eigenvalue weighted by atomic mass is 35.5. The van der Waals surface area contributed by atoms with Crippen molar-refractivity contribution in [3.05, 3.63) is 11.1 Å². The number of rotatable bonds is 2. The van der Waals surface area contributed by atoms with Crippen LogP contribution >= 0.6 is 47.0 Å². The van der Waals surface area contributed by atoms with E-state index in [4.69, 9.17) is 40.2 Å². The lowest BCUT2D eigenvalue weighted by Gasteiger charge is -2.28. The molecule has 13 heavy (non-hydrogen) atoms. The Morgan fingerprint density at radius 3 is 2.77 bits per heavy atom. The van der Waals surface area contributed by atoms with E-state index in [1.807, 2.05) is 0 Å². The maximum atomic E-state index is 7.54. The Morgan fingerprint density at radius 1 is 1.62 bits per heavy atom. The average Bonchev–Trinajstić information content (AvgIpc) is 2.13. The largest absolute Gasteiger partial charge is 0.304 e. The lowest BCUT2D eigenvalue weighted by atomic mass is 9.90. The number of hydrogen-bond acceptors (Lipinski definition) is 2. The fraction of sp³-hybridized carbons (Fsp3) is 0.500. The van der Waals surface area contributed by atoms with E-state index in [2.05, 4.69) is 12.2 Å². The predicted octanol–water partition coefficient (Wildman–Crippen LogP) is 3.36. The molecule has 1 aliphatic rings. The highest BCUT2D eigenvalue weighted by Gasteiger charge is 2.33. The lowest BCUT2D eigenvalue weighted by Crippen LogP contribution is -2.34. The molecule has 0 aromatic heterocycles. The van der Waals surface area contributed by atoms with Crippen LogP contribution in [0.5, 0.6) is 0 Å². The van der Waals surface area contributed by atoms with E-state index in [1.165, 1.54) is 5.37 Å². The van der Waals surface area contributed by atoms with Gasteiger partial charge in [-0.05, 0) is 6.42 Å². The highest BCUT2D eigenvalue weighted by molar-refractivity contribution is 7.80. The van der Waals surface area contributed by atoms with Gasteiger partial charge in [-0.2, -0.15) is 0 Å². The first-order chi connectivity index (χ1) is 6.07. The van der Waals surface area contributed by atoms with Crippen molar-refractivity contribution in [1.82, 2.24) is 0 Å². The lowest BCUT2D eigenvalue weighted by molar-refractivity contribution is 0.628. The normalized spacial score (nSPS) is 33.8. The molecule has 1 N–H and O–H groups in total. The molecule has 0 aromatic carbocycles. The van der Waals surface area contributed by atoms with E-state index in [1.54, 1.807) is 6.08 Å². The van der Waals surface area contributed by atoms with Gasteiger partial charge in [0.25, 0.3) is 0 Å². The molecule has 5 heteroatoms. The van der Waals surface area contributed by atoms with Gasteiger partial charge in [0.1, 0.15) is 0 Å². The zero-order valence-electron chi connectivity index (χ0n) is 6.64. The maximum absolute atomic E-state index is 7.54. The number of allylic oxidation sites excluding steroid dienone is 2. The highest BCUT2D eigenvalue weighted by Crippen LogP contribution is 2.34. The van der Waals surface area contributed by atoms with Gasteiger partial charge in [-0.25, -0.2) is 0 Å². The van der Waals surface area contributed by atoms with Gasteiger partial charge in [0.15, 0.2) is 0 Å². The van der Waals surface area contributed by atoms with Crippen molar-refractivity contribution in [3.8, 4) is 0 Å². The van der Waals surface area contributed by atoms with Gasteiger partial charge >= 0.3 is 0 Å². The monoisotopic (exact) mass is 255 g/mol. The summed E-state index contributed by atoms with van der Waals surface area (Å²) in [6.45, 7) is 0. The smallest absolute Gasteiger partial charge is 0.0858 e. The maximum Gasteiger partial charge on any atom is 0.0858 e. The first-order valence-electron chi connectivity index (χ1n) is 3.75. The van der Waals surface area contributed by atoms with Crippen LogP contribution in [0.2, 0.25) is 0 Å². The van der Waals surface area contributed by atoms with Gasteiger partial charge in [-0.1, -0.05) is 29.9 Å². The third kappa shape index (κ3) is 2.44. The van der Waals surface area contributed by atoms with Crippen LogP contribution in [0.4, 0.5) is 0 Å². The van der Waals surface area contributed by atoms with Crippen molar-refractivity contribution in [1.29, 1.82) is 5.41 Å². The Morgan fingerprint density at radius 2 is 2.23 bits per heavy atom. The summed E-state index contributed by atoms with van der Waals surface area (Å²) in [6, 6.07) is 0. The molecule has 0 aromatic rings. The Balaban J connectivity index is 2.82. The van der Waals surface area contributed by atoms with Gasteiger partial charge < -0.3 is 5.41 Å². The molecule has 0 spiro atoms. The van der Waals surface area contributed by atoms with Crippen molar-refractivity contribution in [2.24, 2.45) is 5.92 Å². The third-order valence-corrected chi connectivity index (χ3v) is 3.97. The van der Waals surface area contributed by atoms with Crippen molar-refractivity contribution < 1.29 is 0 Å². The predicted molar refractivity (Wildman–Crippen MR) is 62.7 cm³/mol. The molecule has 0 radical (unpaired) electrons. The summed E-state index contributed by atoms with van der Waals surface area (Å²) < 4.78 is 0. The Labute approximate surface area is 97.6 Å². The van der Waals surface area contributed by atoms with Gasteiger partial charge in [-0.3, -0.25) is 0 Å². The fourth-order valence-corrected chi connectivity index (χ4v) is 2.33. The van der Waals surface area contributed by atoms with E-state index in [0.717, 1.165) is 0 Å². The minimum atomic E-state index is -0.405. The second kappa shape index (κ2) is 4.74. The van der Waals surface area contributed by atoms with Crippen molar-refractivity contribution >= 4 is 58.1 Å². The molecule has 0 bridgehead atoms. The van der Waals surface area contributed by atoms with Crippen LogP contribution in [0.25, 0.3) is 0 Å². The average molecular weight is 257 g/mol. The van der Waals surface area contributed by atoms with Crippen LogP contribution in [-0.4, -0.2) is 21.8 Å². The summed E-state index contributed by atoms with van der Waals surface area (Å²) in [5, 5.41) is 8.69. The molecule has 0 fully saturated rings. The SMILES string of the molecule is N=C(C=S)C1CC=C(Cl)C(Cl)C1Cl. The molecular weight excluding hydrogens is 249 g/mol. The summed E-state index contributed by atoms with van der Waals surface area (Å²) in [7, 11) is 0. The number of hydrogen-bond donors (Lipinski definition) is 1. The Hall–Kier alpha value is 0.370. The first kappa shape index (κ1) is 11.4. The Kier molecular flexibility index (Phi) is 4.17. The van der Waals surface area contributed by atoms with Gasteiger partial charge in [0.05, 0.1) is 10.8 Å². The van der Waals surface area contributed by atoms with Crippen LogP contribution in [-0.2, 0) is 0 Å². The first-order valence-corrected chi connectivity index (χ1v) is 5.47. The van der Waals surface area contributed by atoms with E-state index < -0.39 is 5.38 Å². The van der Waals surface area contributed by atoms with Gasteiger partial charge in [0, 0.05) is 22.0 Å². The number of halogens is 3. The van der Waals surface area contributed by atoms with Crippen LogP contribution in [0, 0.1) is 11.3 Å². The molecule has 72 valence electrons. The molecule has 0 heterocycles. The molecule has 1 rings (SSSR count). The van der Waals surface area contributed by atoms with Crippen LogP contribution in [0.1, 0.15) is 6.42 Å². The second-order valence-corrected chi connectivity index (χ2v) is 4.50. The number of alkyl halides is 2. The van der Waals surface area contributed by atoms with Crippen molar-refractivity contribution in [2.45, 2.75) is 17.2 Å². The quantitative estimate of drug-likeness (QED) is 0.457. The zero-order valence-corrected chi connectivity index (χ0v) is 9.72. The van der Waals surface area contributed by atoms with Gasteiger partial charge in [-0.15, -0.1) is 23.2 Å². The fourth-order valence-electron chi connectivity index (χ4n) is 1.22. The zero-order chi connectivity index (χ0) is 10.0. The van der Waals surface area contributed by atoms with Crippen LogP contribution in [0.3, 0.4) is 0 Å². The number of nitrogens with one attached hydrogen (secondary N) is 1. The third-order valence-electron chi connectivity index (χ3n) is 2.02. The summed E-state index contributed by atoms with van der Waals surface area (Å²) in [5.41, 5.74) is 0.348. The summed E-state index contributed by atoms with van der Waals surface area (Å²) in [6.07, 6.45) is 2.44. The molecule has 0 saturated carbocycles. The van der Waals surface area contributed by atoms with Gasteiger partial charge in [0.2, 0.25) is 0 Å². The second-order valence-electron chi connectivity index (χ2n) is 2.85. The summed E-state index contributed by atoms with van der Waals surface area (Å²) in [4.78, 5) is 0. The topological polar surface area (TPSA) is 23.9 Å². The van der Waals surface area contributed by atoms with E-state index in [9.17, 15) is 0 Å². The number of thiocarbonyl (C=S) groups is 1. The summed E-state index contributed by atoms with van der Waals surface area (Å²) >= 11 is 22.5.